The second kappa shape index (κ2) is 6.84. The van der Waals surface area contributed by atoms with Gasteiger partial charge < -0.3 is 10.1 Å². The number of amides is 1. The van der Waals surface area contributed by atoms with Gasteiger partial charge in [0.25, 0.3) is 5.91 Å². The van der Waals surface area contributed by atoms with Crippen molar-refractivity contribution in [1.82, 2.24) is 5.32 Å². The summed E-state index contributed by atoms with van der Waals surface area (Å²) in [5.41, 5.74) is 1.65. The normalized spacial score (nSPS) is 10.4. The van der Waals surface area contributed by atoms with Gasteiger partial charge in [0.05, 0.1) is 16.9 Å². The summed E-state index contributed by atoms with van der Waals surface area (Å²) < 4.78 is 6.13. The zero-order chi connectivity index (χ0) is 13.7. The van der Waals surface area contributed by atoms with Gasteiger partial charge in [0.15, 0.2) is 0 Å². The third-order valence-electron chi connectivity index (χ3n) is 2.55. The Morgan fingerprint density at radius 3 is 2.89 bits per heavy atom. The standard InChI is InChI=1S/C14H14BrNO2S/c1-18-9-10-3-2-4-11(7-10)14(17)16-8-12-5-6-13(15)19-12/h2-7H,8-9H2,1H3,(H,16,17). The highest BCUT2D eigenvalue weighted by Gasteiger charge is 2.06. The van der Waals surface area contributed by atoms with Crippen LogP contribution in [0.25, 0.3) is 0 Å². The molecule has 0 saturated carbocycles. The molecule has 0 fully saturated rings. The highest BCUT2D eigenvalue weighted by molar-refractivity contribution is 9.11. The van der Waals surface area contributed by atoms with E-state index in [0.29, 0.717) is 18.7 Å². The number of carbonyl (C=O) groups excluding carboxylic acids is 1. The average molecular weight is 340 g/mol. The Hall–Kier alpha value is -1.17. The predicted molar refractivity (Wildman–Crippen MR) is 80.3 cm³/mol. The highest BCUT2D eigenvalue weighted by Crippen LogP contribution is 2.21. The molecule has 1 heterocycles. The third-order valence-corrected chi connectivity index (χ3v) is 4.18. The number of methoxy groups -OCH3 is 1. The summed E-state index contributed by atoms with van der Waals surface area (Å²) in [5.74, 6) is -0.0672. The van der Waals surface area contributed by atoms with Crippen molar-refractivity contribution in [2.24, 2.45) is 0 Å². The van der Waals surface area contributed by atoms with Gasteiger partial charge in [0.2, 0.25) is 0 Å². The molecule has 0 bridgehead atoms. The van der Waals surface area contributed by atoms with Gasteiger partial charge in [-0.2, -0.15) is 0 Å². The molecule has 3 nitrogen and oxygen atoms in total. The Labute approximate surface area is 124 Å². The maximum atomic E-state index is 12.0. The van der Waals surface area contributed by atoms with Crippen LogP contribution < -0.4 is 5.32 Å². The number of halogens is 1. The third kappa shape index (κ3) is 4.16. The first-order valence-electron chi connectivity index (χ1n) is 5.79. The molecule has 1 amide bonds. The molecule has 2 rings (SSSR count). The van der Waals surface area contributed by atoms with Gasteiger partial charge in [0, 0.05) is 17.6 Å². The second-order valence-corrected chi connectivity index (χ2v) is 6.57. The minimum Gasteiger partial charge on any atom is -0.380 e. The molecule has 0 aliphatic rings. The van der Waals surface area contributed by atoms with E-state index in [1.165, 1.54) is 0 Å². The molecule has 0 saturated heterocycles. The summed E-state index contributed by atoms with van der Waals surface area (Å²) in [4.78, 5) is 13.1. The molecule has 0 radical (unpaired) electrons. The summed E-state index contributed by atoms with van der Waals surface area (Å²) in [5, 5.41) is 2.91. The Balaban J connectivity index is 1.97. The first-order valence-corrected chi connectivity index (χ1v) is 7.40. The molecule has 1 aromatic heterocycles. The minimum absolute atomic E-state index is 0.0672. The van der Waals surface area contributed by atoms with Crippen molar-refractivity contribution in [2.45, 2.75) is 13.2 Å². The quantitative estimate of drug-likeness (QED) is 0.903. The Morgan fingerprint density at radius 2 is 2.21 bits per heavy atom. The number of ether oxygens (including phenoxy) is 1. The van der Waals surface area contributed by atoms with Crippen LogP contribution in [0.2, 0.25) is 0 Å². The maximum absolute atomic E-state index is 12.0. The smallest absolute Gasteiger partial charge is 0.251 e. The molecular formula is C14H14BrNO2S. The molecule has 2 aromatic rings. The summed E-state index contributed by atoms with van der Waals surface area (Å²) in [6, 6.07) is 11.4. The van der Waals surface area contributed by atoms with Crippen LogP contribution in [0.1, 0.15) is 20.8 Å². The number of thiophene rings is 1. The summed E-state index contributed by atoms with van der Waals surface area (Å²) in [7, 11) is 1.64. The molecule has 100 valence electrons. The van der Waals surface area contributed by atoms with Gasteiger partial charge in [0.1, 0.15) is 0 Å². The molecule has 0 aliphatic carbocycles. The van der Waals surface area contributed by atoms with E-state index in [9.17, 15) is 4.79 Å². The van der Waals surface area contributed by atoms with Gasteiger partial charge in [-0.15, -0.1) is 11.3 Å². The van der Waals surface area contributed by atoms with Crippen molar-refractivity contribution >= 4 is 33.2 Å². The van der Waals surface area contributed by atoms with Crippen LogP contribution in [-0.4, -0.2) is 13.0 Å². The number of carbonyl (C=O) groups is 1. The largest absolute Gasteiger partial charge is 0.380 e. The van der Waals surface area contributed by atoms with Crippen LogP contribution in [0, 0.1) is 0 Å². The van der Waals surface area contributed by atoms with Crippen LogP contribution in [0.5, 0.6) is 0 Å². The lowest BCUT2D eigenvalue weighted by Gasteiger charge is -2.05. The zero-order valence-electron chi connectivity index (χ0n) is 10.5. The molecule has 5 heteroatoms. The predicted octanol–water partition coefficient (Wildman–Crippen LogP) is 3.59. The minimum atomic E-state index is -0.0672. The van der Waals surface area contributed by atoms with Gasteiger partial charge in [-0.1, -0.05) is 12.1 Å². The molecule has 0 unspecified atom stereocenters. The number of rotatable bonds is 5. The van der Waals surface area contributed by atoms with Crippen molar-refractivity contribution < 1.29 is 9.53 Å². The van der Waals surface area contributed by atoms with Crippen LogP contribution in [-0.2, 0) is 17.9 Å². The van der Waals surface area contributed by atoms with E-state index in [2.05, 4.69) is 21.2 Å². The molecule has 0 aliphatic heterocycles. The topological polar surface area (TPSA) is 38.3 Å². The maximum Gasteiger partial charge on any atom is 0.251 e. The summed E-state index contributed by atoms with van der Waals surface area (Å²) >= 11 is 5.02. The lowest BCUT2D eigenvalue weighted by molar-refractivity contribution is 0.0951. The van der Waals surface area contributed by atoms with Gasteiger partial charge in [-0.05, 0) is 45.8 Å². The van der Waals surface area contributed by atoms with E-state index in [-0.39, 0.29) is 5.91 Å². The molecule has 0 atom stereocenters. The molecule has 1 N–H and O–H groups in total. The fourth-order valence-electron chi connectivity index (χ4n) is 1.69. The lowest BCUT2D eigenvalue weighted by Crippen LogP contribution is -2.22. The number of hydrogen-bond donors (Lipinski definition) is 1. The number of nitrogens with one attached hydrogen (secondary N) is 1. The fraction of sp³-hybridized carbons (Fsp3) is 0.214. The highest BCUT2D eigenvalue weighted by atomic mass is 79.9. The zero-order valence-corrected chi connectivity index (χ0v) is 12.9. The van der Waals surface area contributed by atoms with E-state index in [1.54, 1.807) is 24.5 Å². The van der Waals surface area contributed by atoms with E-state index in [4.69, 9.17) is 4.74 Å². The van der Waals surface area contributed by atoms with Crippen molar-refractivity contribution in [3.05, 3.63) is 56.2 Å². The number of benzene rings is 1. The molecule has 19 heavy (non-hydrogen) atoms. The SMILES string of the molecule is COCc1cccc(C(=O)NCc2ccc(Br)s2)c1. The lowest BCUT2D eigenvalue weighted by atomic mass is 10.1. The van der Waals surface area contributed by atoms with Crippen molar-refractivity contribution in [2.75, 3.05) is 7.11 Å². The van der Waals surface area contributed by atoms with Crippen LogP contribution >= 0.6 is 27.3 Å². The first kappa shape index (κ1) is 14.2. The summed E-state index contributed by atoms with van der Waals surface area (Å²) in [6.45, 7) is 1.06. The van der Waals surface area contributed by atoms with Gasteiger partial charge in [-0.3, -0.25) is 4.79 Å². The van der Waals surface area contributed by atoms with Crippen LogP contribution in [0.15, 0.2) is 40.2 Å². The summed E-state index contributed by atoms with van der Waals surface area (Å²) in [6.07, 6.45) is 0. The Morgan fingerprint density at radius 1 is 1.37 bits per heavy atom. The second-order valence-electron chi connectivity index (χ2n) is 4.02. The Kier molecular flexibility index (Phi) is 5.13. The van der Waals surface area contributed by atoms with E-state index in [1.807, 2.05) is 30.3 Å². The van der Waals surface area contributed by atoms with Crippen LogP contribution in [0.4, 0.5) is 0 Å². The number of hydrogen-bond acceptors (Lipinski definition) is 3. The monoisotopic (exact) mass is 339 g/mol. The molecule has 1 aromatic carbocycles. The fourth-order valence-corrected chi connectivity index (χ4v) is 3.11. The van der Waals surface area contributed by atoms with Crippen molar-refractivity contribution in [1.29, 1.82) is 0 Å². The van der Waals surface area contributed by atoms with E-state index in [0.717, 1.165) is 14.2 Å². The van der Waals surface area contributed by atoms with Crippen molar-refractivity contribution in [3.63, 3.8) is 0 Å². The van der Waals surface area contributed by atoms with Crippen LogP contribution in [0.3, 0.4) is 0 Å². The van der Waals surface area contributed by atoms with E-state index < -0.39 is 0 Å². The van der Waals surface area contributed by atoms with Gasteiger partial charge >= 0.3 is 0 Å². The first-order chi connectivity index (χ1) is 9.19. The van der Waals surface area contributed by atoms with E-state index >= 15 is 0 Å². The van der Waals surface area contributed by atoms with Gasteiger partial charge in [-0.25, -0.2) is 0 Å². The van der Waals surface area contributed by atoms with Crippen molar-refractivity contribution in [3.8, 4) is 0 Å². The Bertz CT molecular complexity index is 568. The molecular weight excluding hydrogens is 326 g/mol. The molecule has 0 spiro atoms. The average Bonchev–Trinajstić information content (AvgIpc) is 2.82.